The Labute approximate surface area is 104 Å². The minimum Gasteiger partial charge on any atom is -0.381 e. The predicted octanol–water partition coefficient (Wildman–Crippen LogP) is 3.71. The molecule has 94 valence electrons. The first-order valence-electron chi connectivity index (χ1n) is 6.15. The topological polar surface area (TPSA) is 26.3 Å². The van der Waals surface area contributed by atoms with E-state index in [1.807, 2.05) is 30.3 Å². The standard InChI is InChI=1S/C15H22O2/c1-15(2,3)10-12-17-11-9-14(16)13-7-5-4-6-8-13/h4-8H,9-12H2,1-3H3. The summed E-state index contributed by atoms with van der Waals surface area (Å²) >= 11 is 0. The number of ketones is 1. The van der Waals surface area contributed by atoms with Crippen LogP contribution in [-0.4, -0.2) is 19.0 Å². The van der Waals surface area contributed by atoms with Crippen molar-refractivity contribution < 1.29 is 9.53 Å². The van der Waals surface area contributed by atoms with Gasteiger partial charge in [-0.2, -0.15) is 0 Å². The maximum absolute atomic E-state index is 11.7. The Bertz CT molecular complexity index is 336. The minimum atomic E-state index is 0.154. The molecule has 0 bridgehead atoms. The van der Waals surface area contributed by atoms with Crippen molar-refractivity contribution in [2.75, 3.05) is 13.2 Å². The molecule has 1 aromatic rings. The van der Waals surface area contributed by atoms with Gasteiger partial charge in [-0.25, -0.2) is 0 Å². The number of ether oxygens (including phenoxy) is 1. The van der Waals surface area contributed by atoms with E-state index in [-0.39, 0.29) is 5.78 Å². The summed E-state index contributed by atoms with van der Waals surface area (Å²) in [4.78, 5) is 11.7. The molecule has 0 saturated heterocycles. The second kappa shape index (κ2) is 6.55. The third-order valence-electron chi connectivity index (χ3n) is 2.57. The van der Waals surface area contributed by atoms with Gasteiger partial charge in [-0.15, -0.1) is 0 Å². The van der Waals surface area contributed by atoms with E-state index in [0.717, 1.165) is 18.6 Å². The molecule has 17 heavy (non-hydrogen) atoms. The molecule has 0 aliphatic heterocycles. The number of benzene rings is 1. The SMILES string of the molecule is CC(C)(C)CCOCCC(=O)c1ccccc1. The van der Waals surface area contributed by atoms with E-state index in [1.165, 1.54) is 0 Å². The van der Waals surface area contributed by atoms with Crippen LogP contribution in [-0.2, 0) is 4.74 Å². The van der Waals surface area contributed by atoms with Gasteiger partial charge in [0.05, 0.1) is 6.61 Å². The van der Waals surface area contributed by atoms with Gasteiger partial charge in [0.25, 0.3) is 0 Å². The van der Waals surface area contributed by atoms with Crippen LogP contribution < -0.4 is 0 Å². The number of carbonyl (C=O) groups excluding carboxylic acids is 1. The van der Waals surface area contributed by atoms with Crippen LogP contribution in [0, 0.1) is 5.41 Å². The predicted molar refractivity (Wildman–Crippen MR) is 70.3 cm³/mol. The summed E-state index contributed by atoms with van der Waals surface area (Å²) in [6.45, 7) is 7.80. The monoisotopic (exact) mass is 234 g/mol. The Hall–Kier alpha value is -1.15. The highest BCUT2D eigenvalue weighted by molar-refractivity contribution is 5.96. The zero-order chi connectivity index (χ0) is 12.7. The average molecular weight is 234 g/mol. The van der Waals surface area contributed by atoms with Crippen LogP contribution in [0.5, 0.6) is 0 Å². The first kappa shape index (κ1) is 13.9. The first-order valence-corrected chi connectivity index (χ1v) is 6.15. The lowest BCUT2D eigenvalue weighted by Gasteiger charge is -2.17. The van der Waals surface area contributed by atoms with E-state index in [9.17, 15) is 4.79 Å². The molecular weight excluding hydrogens is 212 g/mol. The van der Waals surface area contributed by atoms with Crippen molar-refractivity contribution in [3.05, 3.63) is 35.9 Å². The van der Waals surface area contributed by atoms with Gasteiger partial charge in [-0.3, -0.25) is 4.79 Å². The maximum Gasteiger partial charge on any atom is 0.165 e. The van der Waals surface area contributed by atoms with Gasteiger partial charge in [0, 0.05) is 18.6 Å². The summed E-state index contributed by atoms with van der Waals surface area (Å²) in [6.07, 6.45) is 1.49. The number of Topliss-reactive ketones (excluding diaryl/α,β-unsaturated/α-hetero) is 1. The van der Waals surface area contributed by atoms with Gasteiger partial charge < -0.3 is 4.74 Å². The molecule has 0 saturated carbocycles. The zero-order valence-corrected chi connectivity index (χ0v) is 11.0. The van der Waals surface area contributed by atoms with E-state index in [4.69, 9.17) is 4.74 Å². The summed E-state index contributed by atoms with van der Waals surface area (Å²) < 4.78 is 5.48. The second-order valence-electron chi connectivity index (χ2n) is 5.46. The van der Waals surface area contributed by atoms with Crippen LogP contribution in [0.1, 0.15) is 44.0 Å². The zero-order valence-electron chi connectivity index (χ0n) is 11.0. The minimum absolute atomic E-state index is 0.154. The fourth-order valence-electron chi connectivity index (χ4n) is 1.41. The quantitative estimate of drug-likeness (QED) is 0.554. The third kappa shape index (κ3) is 6.22. The molecular formula is C15H22O2. The lowest BCUT2D eigenvalue weighted by atomic mass is 9.93. The van der Waals surface area contributed by atoms with E-state index in [1.54, 1.807) is 0 Å². The van der Waals surface area contributed by atoms with Gasteiger partial charge >= 0.3 is 0 Å². The molecule has 0 fully saturated rings. The maximum atomic E-state index is 11.7. The fourth-order valence-corrected chi connectivity index (χ4v) is 1.41. The summed E-state index contributed by atoms with van der Waals surface area (Å²) in [5.74, 6) is 0.154. The lowest BCUT2D eigenvalue weighted by Crippen LogP contribution is -2.11. The van der Waals surface area contributed by atoms with Crippen LogP contribution in [0.15, 0.2) is 30.3 Å². The number of rotatable bonds is 6. The molecule has 0 heterocycles. The molecule has 0 spiro atoms. The normalized spacial score (nSPS) is 11.5. The largest absolute Gasteiger partial charge is 0.381 e. The highest BCUT2D eigenvalue weighted by atomic mass is 16.5. The molecule has 0 aliphatic carbocycles. The van der Waals surface area contributed by atoms with Gasteiger partial charge in [-0.1, -0.05) is 51.1 Å². The van der Waals surface area contributed by atoms with Gasteiger partial charge in [0.2, 0.25) is 0 Å². The molecule has 1 rings (SSSR count). The summed E-state index contributed by atoms with van der Waals surface area (Å²) in [5, 5.41) is 0. The fraction of sp³-hybridized carbons (Fsp3) is 0.533. The van der Waals surface area contributed by atoms with Crippen LogP contribution in [0.2, 0.25) is 0 Å². The van der Waals surface area contributed by atoms with Crippen LogP contribution in [0.25, 0.3) is 0 Å². The molecule has 1 aromatic carbocycles. The average Bonchev–Trinajstić information content (AvgIpc) is 2.28. The Balaban J connectivity index is 2.18. The van der Waals surface area contributed by atoms with Gasteiger partial charge in [-0.05, 0) is 11.8 Å². The molecule has 0 atom stereocenters. The van der Waals surface area contributed by atoms with Gasteiger partial charge in [0.15, 0.2) is 5.78 Å². The Morgan fingerprint density at radius 3 is 2.35 bits per heavy atom. The molecule has 0 radical (unpaired) electrons. The van der Waals surface area contributed by atoms with Crippen LogP contribution in [0.3, 0.4) is 0 Å². The smallest absolute Gasteiger partial charge is 0.165 e. The molecule has 0 aliphatic rings. The van der Waals surface area contributed by atoms with Crippen molar-refractivity contribution in [2.45, 2.75) is 33.6 Å². The first-order chi connectivity index (χ1) is 7.99. The van der Waals surface area contributed by atoms with E-state index < -0.39 is 0 Å². The molecule has 2 heteroatoms. The highest BCUT2D eigenvalue weighted by Crippen LogP contribution is 2.17. The van der Waals surface area contributed by atoms with Gasteiger partial charge in [0.1, 0.15) is 0 Å². The van der Waals surface area contributed by atoms with E-state index in [2.05, 4.69) is 20.8 Å². The highest BCUT2D eigenvalue weighted by Gasteiger charge is 2.10. The summed E-state index contributed by atoms with van der Waals surface area (Å²) in [5.41, 5.74) is 1.07. The number of carbonyl (C=O) groups is 1. The van der Waals surface area contributed by atoms with Crippen molar-refractivity contribution in [1.29, 1.82) is 0 Å². The number of hydrogen-bond acceptors (Lipinski definition) is 2. The third-order valence-corrected chi connectivity index (χ3v) is 2.57. The van der Waals surface area contributed by atoms with Crippen LogP contribution in [0.4, 0.5) is 0 Å². The molecule has 0 amide bonds. The van der Waals surface area contributed by atoms with Crippen molar-refractivity contribution in [1.82, 2.24) is 0 Å². The summed E-state index contributed by atoms with van der Waals surface area (Å²) in [6, 6.07) is 9.37. The van der Waals surface area contributed by atoms with E-state index in [0.29, 0.717) is 18.4 Å². The summed E-state index contributed by atoms with van der Waals surface area (Å²) in [7, 11) is 0. The van der Waals surface area contributed by atoms with E-state index >= 15 is 0 Å². The van der Waals surface area contributed by atoms with Crippen molar-refractivity contribution in [3.63, 3.8) is 0 Å². The molecule has 0 aromatic heterocycles. The Morgan fingerprint density at radius 1 is 1.12 bits per heavy atom. The number of hydrogen-bond donors (Lipinski definition) is 0. The molecule has 0 N–H and O–H groups in total. The van der Waals surface area contributed by atoms with Crippen molar-refractivity contribution in [2.24, 2.45) is 5.41 Å². The second-order valence-corrected chi connectivity index (χ2v) is 5.46. The molecule has 2 nitrogen and oxygen atoms in total. The van der Waals surface area contributed by atoms with Crippen molar-refractivity contribution in [3.8, 4) is 0 Å². The molecule has 0 unspecified atom stereocenters. The Kier molecular flexibility index (Phi) is 5.36. The lowest BCUT2D eigenvalue weighted by molar-refractivity contribution is 0.0827. The Morgan fingerprint density at radius 2 is 1.76 bits per heavy atom. The van der Waals surface area contributed by atoms with Crippen LogP contribution >= 0.6 is 0 Å². The van der Waals surface area contributed by atoms with Crippen molar-refractivity contribution >= 4 is 5.78 Å².